The van der Waals surface area contributed by atoms with E-state index in [1.807, 2.05) is 69.3 Å². The largest absolute Gasteiger partial charge is 0.484 e. The number of benzene rings is 2. The summed E-state index contributed by atoms with van der Waals surface area (Å²) in [6.45, 7) is 5.84. The fourth-order valence-corrected chi connectivity index (χ4v) is 2.25. The normalized spacial score (nSPS) is 11.5. The van der Waals surface area contributed by atoms with Crippen LogP contribution in [-0.2, 0) is 4.79 Å². The van der Waals surface area contributed by atoms with Crippen molar-refractivity contribution in [2.24, 2.45) is 5.10 Å². The van der Waals surface area contributed by atoms with E-state index >= 15 is 0 Å². The molecule has 124 valence electrons. The number of aryl methyl sites for hydroxylation is 2. The van der Waals surface area contributed by atoms with Gasteiger partial charge in [-0.1, -0.05) is 42.5 Å². The number of allylic oxidation sites excluding steroid dienone is 1. The SMILES string of the molecule is CC(C=NNC(=O)COc1cc(C)cc(C)c1)=Cc1ccccc1. The molecular formula is C20H22N2O2. The van der Waals surface area contributed by atoms with Crippen LogP contribution < -0.4 is 10.2 Å². The van der Waals surface area contributed by atoms with Crippen molar-refractivity contribution in [3.63, 3.8) is 0 Å². The zero-order valence-corrected chi connectivity index (χ0v) is 14.2. The van der Waals surface area contributed by atoms with Gasteiger partial charge in [-0.05, 0) is 55.2 Å². The zero-order valence-electron chi connectivity index (χ0n) is 14.2. The molecule has 0 aliphatic heterocycles. The maximum Gasteiger partial charge on any atom is 0.277 e. The predicted molar refractivity (Wildman–Crippen MR) is 98.1 cm³/mol. The lowest BCUT2D eigenvalue weighted by molar-refractivity contribution is -0.123. The lowest BCUT2D eigenvalue weighted by Crippen LogP contribution is -2.24. The molecule has 0 fully saturated rings. The van der Waals surface area contributed by atoms with Gasteiger partial charge < -0.3 is 4.74 Å². The fraction of sp³-hybridized carbons (Fsp3) is 0.200. The second-order valence-corrected chi connectivity index (χ2v) is 5.70. The number of rotatable bonds is 6. The number of hydrogen-bond donors (Lipinski definition) is 1. The Morgan fingerprint density at radius 3 is 2.46 bits per heavy atom. The first kappa shape index (κ1) is 17.5. The van der Waals surface area contributed by atoms with E-state index in [0.717, 1.165) is 22.3 Å². The molecule has 0 heterocycles. The van der Waals surface area contributed by atoms with Crippen molar-refractivity contribution < 1.29 is 9.53 Å². The minimum atomic E-state index is -0.294. The molecule has 1 N–H and O–H groups in total. The third kappa shape index (κ3) is 6.08. The van der Waals surface area contributed by atoms with Gasteiger partial charge in [0.15, 0.2) is 6.61 Å². The van der Waals surface area contributed by atoms with Crippen LogP contribution in [0.4, 0.5) is 0 Å². The molecule has 4 heteroatoms. The van der Waals surface area contributed by atoms with Gasteiger partial charge in [0.1, 0.15) is 5.75 Å². The highest BCUT2D eigenvalue weighted by atomic mass is 16.5. The van der Waals surface area contributed by atoms with Crippen molar-refractivity contribution in [3.8, 4) is 5.75 Å². The Labute approximate surface area is 142 Å². The van der Waals surface area contributed by atoms with Gasteiger partial charge in [0.25, 0.3) is 5.91 Å². The Bertz CT molecular complexity index is 729. The molecule has 2 aromatic rings. The Balaban J connectivity index is 1.81. The van der Waals surface area contributed by atoms with Crippen LogP contribution in [0, 0.1) is 13.8 Å². The van der Waals surface area contributed by atoms with Crippen molar-refractivity contribution in [3.05, 3.63) is 70.8 Å². The molecule has 0 aliphatic rings. The van der Waals surface area contributed by atoms with E-state index in [-0.39, 0.29) is 12.5 Å². The number of amides is 1. The standard InChI is InChI=1S/C20H22N2O2/c1-15-9-16(2)12-19(11-15)24-14-20(23)22-21-13-17(3)10-18-7-5-4-6-8-18/h4-13H,14H2,1-3H3,(H,22,23). The number of hydrogen-bond acceptors (Lipinski definition) is 3. The average Bonchev–Trinajstić information content (AvgIpc) is 2.53. The van der Waals surface area contributed by atoms with Gasteiger partial charge in [-0.25, -0.2) is 5.43 Å². The molecule has 0 aliphatic carbocycles. The molecular weight excluding hydrogens is 300 g/mol. The summed E-state index contributed by atoms with van der Waals surface area (Å²) in [6, 6.07) is 15.8. The van der Waals surface area contributed by atoms with E-state index in [1.165, 1.54) is 0 Å². The monoisotopic (exact) mass is 322 g/mol. The molecule has 4 nitrogen and oxygen atoms in total. The third-order valence-corrected chi connectivity index (χ3v) is 3.22. The first-order valence-electron chi connectivity index (χ1n) is 7.79. The molecule has 0 saturated heterocycles. The summed E-state index contributed by atoms with van der Waals surface area (Å²) in [6.07, 6.45) is 3.60. The van der Waals surface area contributed by atoms with Gasteiger partial charge in [0.2, 0.25) is 0 Å². The minimum Gasteiger partial charge on any atom is -0.484 e. The smallest absolute Gasteiger partial charge is 0.277 e. The topological polar surface area (TPSA) is 50.7 Å². The molecule has 24 heavy (non-hydrogen) atoms. The highest BCUT2D eigenvalue weighted by Crippen LogP contribution is 2.15. The van der Waals surface area contributed by atoms with Gasteiger partial charge in [-0.15, -0.1) is 0 Å². The first-order chi connectivity index (χ1) is 11.5. The minimum absolute atomic E-state index is 0.0678. The van der Waals surface area contributed by atoms with Crippen LogP contribution in [0.1, 0.15) is 23.6 Å². The summed E-state index contributed by atoms with van der Waals surface area (Å²) in [5, 5.41) is 3.94. The zero-order chi connectivity index (χ0) is 17.4. The van der Waals surface area contributed by atoms with Gasteiger partial charge in [-0.2, -0.15) is 5.10 Å². The number of carbonyl (C=O) groups is 1. The van der Waals surface area contributed by atoms with Crippen molar-refractivity contribution >= 4 is 18.2 Å². The van der Waals surface area contributed by atoms with E-state index in [4.69, 9.17) is 4.74 Å². The second kappa shape index (κ2) is 8.67. The fourth-order valence-electron chi connectivity index (χ4n) is 2.25. The summed E-state index contributed by atoms with van der Waals surface area (Å²) < 4.78 is 5.48. The lowest BCUT2D eigenvalue weighted by atomic mass is 10.1. The van der Waals surface area contributed by atoms with Crippen LogP contribution >= 0.6 is 0 Å². The van der Waals surface area contributed by atoms with Crippen molar-refractivity contribution in [1.29, 1.82) is 0 Å². The van der Waals surface area contributed by atoms with E-state index in [9.17, 15) is 4.79 Å². The molecule has 0 atom stereocenters. The second-order valence-electron chi connectivity index (χ2n) is 5.70. The highest BCUT2D eigenvalue weighted by molar-refractivity contribution is 5.86. The molecule has 0 aromatic heterocycles. The number of hydrazone groups is 1. The Kier molecular flexibility index (Phi) is 6.32. The molecule has 2 rings (SSSR count). The summed E-state index contributed by atoms with van der Waals surface area (Å²) in [5.41, 5.74) is 6.70. The van der Waals surface area contributed by atoms with Crippen LogP contribution in [0.15, 0.2) is 59.2 Å². The summed E-state index contributed by atoms with van der Waals surface area (Å²) >= 11 is 0. The van der Waals surface area contributed by atoms with Crippen molar-refractivity contribution in [2.75, 3.05) is 6.61 Å². The van der Waals surface area contributed by atoms with Gasteiger partial charge in [0.05, 0.1) is 6.21 Å². The third-order valence-electron chi connectivity index (χ3n) is 3.22. The summed E-state index contributed by atoms with van der Waals surface area (Å²) in [4.78, 5) is 11.8. The van der Waals surface area contributed by atoms with Gasteiger partial charge in [-0.3, -0.25) is 4.79 Å². The van der Waals surface area contributed by atoms with Crippen LogP contribution in [0.25, 0.3) is 6.08 Å². The quantitative estimate of drug-likeness (QED) is 0.648. The molecule has 0 bridgehead atoms. The Morgan fingerprint density at radius 1 is 1.12 bits per heavy atom. The lowest BCUT2D eigenvalue weighted by Gasteiger charge is -2.07. The number of carbonyl (C=O) groups excluding carboxylic acids is 1. The maximum atomic E-state index is 11.8. The number of ether oxygens (including phenoxy) is 1. The highest BCUT2D eigenvalue weighted by Gasteiger charge is 2.02. The van der Waals surface area contributed by atoms with E-state index in [2.05, 4.69) is 16.6 Å². The molecule has 1 amide bonds. The van der Waals surface area contributed by atoms with Crippen LogP contribution in [0.5, 0.6) is 5.75 Å². The predicted octanol–water partition coefficient (Wildman–Crippen LogP) is 3.89. The van der Waals surface area contributed by atoms with E-state index < -0.39 is 0 Å². The summed E-state index contributed by atoms with van der Waals surface area (Å²) in [5.74, 6) is 0.393. The maximum absolute atomic E-state index is 11.8. The van der Waals surface area contributed by atoms with Crippen LogP contribution in [-0.4, -0.2) is 18.7 Å². The van der Waals surface area contributed by atoms with E-state index in [1.54, 1.807) is 6.21 Å². The van der Waals surface area contributed by atoms with E-state index in [0.29, 0.717) is 5.75 Å². The molecule has 0 spiro atoms. The van der Waals surface area contributed by atoms with Gasteiger partial charge >= 0.3 is 0 Å². The van der Waals surface area contributed by atoms with Crippen molar-refractivity contribution in [1.82, 2.24) is 5.43 Å². The molecule has 0 radical (unpaired) electrons. The number of nitrogens with zero attached hydrogens (tertiary/aromatic N) is 1. The molecule has 0 unspecified atom stereocenters. The molecule has 0 saturated carbocycles. The Morgan fingerprint density at radius 2 is 1.79 bits per heavy atom. The van der Waals surface area contributed by atoms with Crippen LogP contribution in [0.3, 0.4) is 0 Å². The van der Waals surface area contributed by atoms with Gasteiger partial charge in [0, 0.05) is 0 Å². The van der Waals surface area contributed by atoms with Crippen LogP contribution in [0.2, 0.25) is 0 Å². The molecule has 2 aromatic carbocycles. The number of nitrogens with one attached hydrogen (secondary N) is 1. The summed E-state index contributed by atoms with van der Waals surface area (Å²) in [7, 11) is 0. The first-order valence-corrected chi connectivity index (χ1v) is 7.79. The average molecular weight is 322 g/mol. The van der Waals surface area contributed by atoms with Crippen molar-refractivity contribution in [2.45, 2.75) is 20.8 Å². The Hall–Kier alpha value is -2.88.